The molecular formula is C23H18BrClF3N3O2. The lowest BCUT2D eigenvalue weighted by Gasteiger charge is -2.23. The third-order valence-electron chi connectivity index (χ3n) is 4.99. The Labute approximate surface area is 201 Å². The van der Waals surface area contributed by atoms with Crippen LogP contribution >= 0.6 is 27.5 Å². The van der Waals surface area contributed by atoms with E-state index in [0.717, 1.165) is 27.7 Å². The summed E-state index contributed by atoms with van der Waals surface area (Å²) in [5.74, 6) is 0.552. The second-order valence-electron chi connectivity index (χ2n) is 7.45. The molecule has 1 N–H and O–H groups in total. The van der Waals surface area contributed by atoms with Crippen molar-refractivity contribution in [2.75, 3.05) is 6.61 Å². The van der Waals surface area contributed by atoms with E-state index in [0.29, 0.717) is 24.4 Å². The molecule has 4 rings (SSSR count). The van der Waals surface area contributed by atoms with Gasteiger partial charge in [-0.25, -0.2) is 10.5 Å². The van der Waals surface area contributed by atoms with Gasteiger partial charge in [0.1, 0.15) is 10.9 Å². The van der Waals surface area contributed by atoms with E-state index < -0.39 is 11.7 Å². The number of ether oxygens (including phenoxy) is 1. The van der Waals surface area contributed by atoms with Crippen molar-refractivity contribution in [2.45, 2.75) is 25.6 Å². The number of rotatable bonds is 5. The van der Waals surface area contributed by atoms with Gasteiger partial charge in [-0.3, -0.25) is 9.83 Å². The van der Waals surface area contributed by atoms with Crippen molar-refractivity contribution in [1.82, 2.24) is 10.5 Å². The van der Waals surface area contributed by atoms with Gasteiger partial charge in [-0.05, 0) is 60.9 Å². The van der Waals surface area contributed by atoms with E-state index >= 15 is 0 Å². The zero-order chi connectivity index (χ0) is 23.6. The molecule has 1 aromatic heterocycles. The second kappa shape index (κ2) is 9.70. The Morgan fingerprint density at radius 2 is 2.03 bits per heavy atom. The van der Waals surface area contributed by atoms with Crippen molar-refractivity contribution >= 4 is 33.4 Å². The van der Waals surface area contributed by atoms with Crippen LogP contribution in [0.15, 0.2) is 64.2 Å². The number of aromatic nitrogens is 1. The molecule has 0 spiro atoms. The molecule has 0 fully saturated rings. The van der Waals surface area contributed by atoms with Crippen LogP contribution < -0.4 is 10.2 Å². The average Bonchev–Trinajstić information content (AvgIpc) is 2.77. The van der Waals surface area contributed by atoms with Crippen LogP contribution in [0.1, 0.15) is 22.3 Å². The van der Waals surface area contributed by atoms with Gasteiger partial charge in [-0.15, -0.1) is 0 Å². The van der Waals surface area contributed by atoms with Gasteiger partial charge in [0.25, 0.3) is 0 Å². The standard InChI is InChI=1S/C23H18BrClF3N3O2/c1-13-7-16(24)6-5-14(13)8-17-12-32-31-22(30-17)19-10-21(25)29-11-20(19)33-18-4-2-3-15(9-18)23(26,27)28/h2-7,9-11,17H,8,12H2,1H3,(H,30,31). The number of benzene rings is 2. The maximum atomic E-state index is 13.1. The minimum absolute atomic E-state index is 0.00885. The molecule has 5 nitrogen and oxygen atoms in total. The summed E-state index contributed by atoms with van der Waals surface area (Å²) in [6.45, 7) is 2.37. The molecule has 2 heterocycles. The van der Waals surface area contributed by atoms with Gasteiger partial charge < -0.3 is 4.74 Å². The molecule has 1 aliphatic rings. The van der Waals surface area contributed by atoms with Gasteiger partial charge in [0, 0.05) is 4.47 Å². The van der Waals surface area contributed by atoms with Crippen molar-refractivity contribution in [3.05, 3.63) is 86.6 Å². The van der Waals surface area contributed by atoms with E-state index in [1.165, 1.54) is 24.4 Å². The molecule has 0 aliphatic carbocycles. The third kappa shape index (κ3) is 5.85. The summed E-state index contributed by atoms with van der Waals surface area (Å²) in [5.41, 5.74) is 4.62. The minimum Gasteiger partial charge on any atom is -0.455 e. The number of aliphatic imine (C=N–C) groups is 1. The number of hydroxylamine groups is 1. The van der Waals surface area contributed by atoms with Crippen molar-refractivity contribution in [3.8, 4) is 11.5 Å². The van der Waals surface area contributed by atoms with Crippen LogP contribution in [0.4, 0.5) is 13.2 Å². The zero-order valence-corrected chi connectivity index (χ0v) is 19.6. The minimum atomic E-state index is -4.48. The zero-order valence-electron chi connectivity index (χ0n) is 17.3. The summed E-state index contributed by atoms with van der Waals surface area (Å²) in [5, 5.41) is 0.178. The largest absolute Gasteiger partial charge is 0.455 e. The van der Waals surface area contributed by atoms with Gasteiger partial charge >= 0.3 is 6.18 Å². The van der Waals surface area contributed by atoms with Crippen LogP contribution in [-0.4, -0.2) is 23.5 Å². The second-order valence-corrected chi connectivity index (χ2v) is 8.75. The first-order valence-corrected chi connectivity index (χ1v) is 11.1. The first kappa shape index (κ1) is 23.5. The predicted octanol–water partition coefficient (Wildman–Crippen LogP) is 6.51. The Morgan fingerprint density at radius 1 is 1.21 bits per heavy atom. The lowest BCUT2D eigenvalue weighted by atomic mass is 10.0. The van der Waals surface area contributed by atoms with E-state index in [-0.39, 0.29) is 22.7 Å². The van der Waals surface area contributed by atoms with E-state index in [9.17, 15) is 13.2 Å². The number of aryl methyl sites for hydroxylation is 1. The molecule has 2 aromatic carbocycles. The Morgan fingerprint density at radius 3 is 2.79 bits per heavy atom. The number of nitrogens with one attached hydrogen (secondary N) is 1. The first-order chi connectivity index (χ1) is 15.7. The fraction of sp³-hybridized carbons (Fsp3) is 0.217. The Kier molecular flexibility index (Phi) is 6.92. The molecule has 0 amide bonds. The van der Waals surface area contributed by atoms with Crippen LogP contribution in [0.2, 0.25) is 5.15 Å². The summed E-state index contributed by atoms with van der Waals surface area (Å²) < 4.78 is 45.9. The first-order valence-electron chi connectivity index (χ1n) is 9.91. The molecule has 172 valence electrons. The summed E-state index contributed by atoms with van der Waals surface area (Å²) >= 11 is 9.54. The topological polar surface area (TPSA) is 55.7 Å². The maximum absolute atomic E-state index is 13.1. The number of halogens is 5. The van der Waals surface area contributed by atoms with E-state index in [4.69, 9.17) is 26.2 Å². The number of alkyl halides is 3. The van der Waals surface area contributed by atoms with Crippen molar-refractivity contribution in [3.63, 3.8) is 0 Å². The van der Waals surface area contributed by atoms with Gasteiger partial charge in [-0.2, -0.15) is 13.2 Å². The highest BCUT2D eigenvalue weighted by atomic mass is 79.9. The van der Waals surface area contributed by atoms with Crippen LogP contribution in [-0.2, 0) is 17.4 Å². The van der Waals surface area contributed by atoms with Gasteiger partial charge in [-0.1, -0.05) is 39.7 Å². The average molecular weight is 541 g/mol. The van der Waals surface area contributed by atoms with Crippen LogP contribution in [0.25, 0.3) is 0 Å². The fourth-order valence-corrected chi connectivity index (χ4v) is 4.00. The van der Waals surface area contributed by atoms with Gasteiger partial charge in [0.05, 0.1) is 30.0 Å². The number of amidine groups is 1. The molecular weight excluding hydrogens is 523 g/mol. The van der Waals surface area contributed by atoms with Crippen molar-refractivity contribution in [2.24, 2.45) is 4.99 Å². The Balaban J connectivity index is 1.62. The van der Waals surface area contributed by atoms with Gasteiger partial charge in [0.2, 0.25) is 0 Å². The highest BCUT2D eigenvalue weighted by Gasteiger charge is 2.31. The lowest BCUT2D eigenvalue weighted by Crippen LogP contribution is -2.37. The molecule has 10 heteroatoms. The van der Waals surface area contributed by atoms with Crippen LogP contribution in [0, 0.1) is 6.92 Å². The smallest absolute Gasteiger partial charge is 0.416 e. The third-order valence-corrected chi connectivity index (χ3v) is 5.69. The monoisotopic (exact) mass is 539 g/mol. The number of hydrogen-bond acceptors (Lipinski definition) is 5. The molecule has 0 bridgehead atoms. The summed E-state index contributed by atoms with van der Waals surface area (Å²) in [7, 11) is 0. The maximum Gasteiger partial charge on any atom is 0.416 e. The van der Waals surface area contributed by atoms with E-state index in [2.05, 4.69) is 26.4 Å². The molecule has 0 radical (unpaired) electrons. The van der Waals surface area contributed by atoms with Crippen LogP contribution in [0.5, 0.6) is 11.5 Å². The molecule has 0 saturated heterocycles. The summed E-state index contributed by atoms with van der Waals surface area (Å²) in [6.07, 6.45) is -2.50. The molecule has 3 aromatic rings. The highest BCUT2D eigenvalue weighted by Crippen LogP contribution is 2.34. The van der Waals surface area contributed by atoms with Crippen molar-refractivity contribution in [1.29, 1.82) is 0 Å². The molecule has 1 atom stereocenters. The summed E-state index contributed by atoms with van der Waals surface area (Å²) in [4.78, 5) is 14.3. The normalized spacial score (nSPS) is 16.2. The number of hydrogen-bond donors (Lipinski definition) is 1. The SMILES string of the molecule is Cc1cc(Br)ccc1CC1CONC(c2cc(Cl)ncc2Oc2cccc(C(F)(F)F)c2)=N1. The Bertz CT molecular complexity index is 1200. The predicted molar refractivity (Wildman–Crippen MR) is 123 cm³/mol. The summed E-state index contributed by atoms with van der Waals surface area (Å²) in [6, 6.07) is 12.0. The number of pyridine rings is 1. The Hall–Kier alpha value is -2.62. The molecule has 1 aliphatic heterocycles. The van der Waals surface area contributed by atoms with Crippen molar-refractivity contribution < 1.29 is 22.7 Å². The van der Waals surface area contributed by atoms with E-state index in [1.807, 2.05) is 25.1 Å². The lowest BCUT2D eigenvalue weighted by molar-refractivity contribution is -0.137. The fourth-order valence-electron chi connectivity index (χ4n) is 3.37. The quantitative estimate of drug-likeness (QED) is 0.375. The van der Waals surface area contributed by atoms with Crippen LogP contribution in [0.3, 0.4) is 0 Å². The number of nitrogens with zero attached hydrogens (tertiary/aromatic N) is 2. The highest BCUT2D eigenvalue weighted by molar-refractivity contribution is 9.10. The molecule has 33 heavy (non-hydrogen) atoms. The molecule has 0 saturated carbocycles. The van der Waals surface area contributed by atoms with E-state index in [1.54, 1.807) is 0 Å². The van der Waals surface area contributed by atoms with Gasteiger partial charge in [0.15, 0.2) is 11.6 Å². The molecule has 1 unspecified atom stereocenters.